The Bertz CT molecular complexity index is 1340. The van der Waals surface area contributed by atoms with Crippen molar-refractivity contribution in [3.05, 3.63) is 89.8 Å². The summed E-state index contributed by atoms with van der Waals surface area (Å²) in [5.74, 6) is -4.25. The number of imidazole rings is 1. The number of rotatable bonds is 13. The van der Waals surface area contributed by atoms with Crippen molar-refractivity contribution in [2.75, 3.05) is 19.7 Å². The highest BCUT2D eigenvalue weighted by molar-refractivity contribution is 5.88. The first kappa shape index (κ1) is 31.0. The maximum atomic E-state index is 14.2. The smallest absolute Gasteiger partial charge is 0.336 e. The Morgan fingerprint density at radius 2 is 1.68 bits per heavy atom. The monoisotopic (exact) mass is 569 g/mol. The molecule has 0 bridgehead atoms. The number of carboxylic acid groups (broad SMARTS) is 3. The number of aliphatic carboxylic acids is 3. The van der Waals surface area contributed by atoms with Crippen LogP contribution >= 0.6 is 0 Å². The number of halogens is 1. The Morgan fingerprint density at radius 3 is 2.32 bits per heavy atom. The van der Waals surface area contributed by atoms with Crippen LogP contribution in [0.25, 0.3) is 6.08 Å². The number of hydrogen-bond donors (Lipinski definition) is 4. The summed E-state index contributed by atoms with van der Waals surface area (Å²) >= 11 is 0. The van der Waals surface area contributed by atoms with E-state index in [-0.39, 0.29) is 5.82 Å². The number of para-hydroxylation sites is 1. The SMILES string of the molecule is Fc1ccccc1CN(CCCn1ccnc1)CC1=Cc2ccccc2OC1.O=C(O)CC(O)(CC(=O)O)C(=O)O. The molecule has 0 radical (unpaired) electrons. The standard InChI is InChI=1S/C23H24FN3O.C6H8O7/c24-22-8-3-1-7-21(22)16-27(12-5-11-26-13-10-25-18-26)15-19-14-20-6-2-4-9-23(20)28-17-19;7-3(8)1-6(13,5(11)12)2-4(9)10/h1-4,6-10,13-14,18H,5,11-12,15-17H2;13H,1-2H2,(H,7,8)(H,9,10)(H,11,12). The lowest BCUT2D eigenvalue weighted by molar-refractivity contribution is -0.170. The predicted molar refractivity (Wildman–Crippen MR) is 146 cm³/mol. The van der Waals surface area contributed by atoms with Crippen LogP contribution in [0.3, 0.4) is 0 Å². The first-order valence-electron chi connectivity index (χ1n) is 12.8. The van der Waals surface area contributed by atoms with E-state index in [1.54, 1.807) is 12.3 Å². The third kappa shape index (κ3) is 9.85. The van der Waals surface area contributed by atoms with E-state index in [1.165, 1.54) is 11.6 Å². The molecule has 0 spiro atoms. The van der Waals surface area contributed by atoms with Crippen molar-refractivity contribution in [3.8, 4) is 5.75 Å². The zero-order valence-electron chi connectivity index (χ0n) is 22.2. The maximum absolute atomic E-state index is 14.2. The second-order valence-electron chi connectivity index (χ2n) is 9.56. The number of aromatic nitrogens is 2. The summed E-state index contributed by atoms with van der Waals surface area (Å²) in [6, 6.07) is 15.1. The number of aliphatic hydroxyl groups is 1. The molecule has 1 aliphatic heterocycles. The molecule has 218 valence electrons. The largest absolute Gasteiger partial charge is 0.489 e. The zero-order chi connectivity index (χ0) is 29.8. The molecule has 41 heavy (non-hydrogen) atoms. The Balaban J connectivity index is 0.000000302. The highest BCUT2D eigenvalue weighted by Crippen LogP contribution is 2.26. The van der Waals surface area contributed by atoms with Crippen LogP contribution in [0, 0.1) is 5.82 Å². The van der Waals surface area contributed by atoms with Crippen LogP contribution in [-0.2, 0) is 27.5 Å². The van der Waals surface area contributed by atoms with E-state index in [2.05, 4.69) is 26.6 Å². The third-order valence-corrected chi connectivity index (χ3v) is 6.21. The number of nitrogens with zero attached hydrogens (tertiary/aromatic N) is 3. The Labute approximate surface area is 235 Å². The van der Waals surface area contributed by atoms with E-state index in [4.69, 9.17) is 25.2 Å². The van der Waals surface area contributed by atoms with E-state index in [0.717, 1.165) is 42.9 Å². The van der Waals surface area contributed by atoms with E-state index < -0.39 is 36.4 Å². The number of hydrogen-bond acceptors (Lipinski definition) is 7. The molecule has 2 aromatic carbocycles. The number of fused-ring (bicyclic) bond motifs is 1. The van der Waals surface area contributed by atoms with Gasteiger partial charge in [0.15, 0.2) is 5.60 Å². The Kier molecular flexibility index (Phi) is 11.1. The molecule has 1 aliphatic rings. The van der Waals surface area contributed by atoms with Crippen molar-refractivity contribution in [2.45, 2.75) is 38.0 Å². The summed E-state index contributed by atoms with van der Waals surface area (Å²) in [7, 11) is 0. The average Bonchev–Trinajstić information content (AvgIpc) is 3.43. The Hall–Kier alpha value is -4.55. The molecule has 0 fully saturated rings. The van der Waals surface area contributed by atoms with Gasteiger partial charge in [0, 0.05) is 49.7 Å². The fourth-order valence-electron chi connectivity index (χ4n) is 4.23. The van der Waals surface area contributed by atoms with E-state index >= 15 is 0 Å². The minimum Gasteiger partial charge on any atom is -0.489 e. The molecular formula is C29H32FN3O8. The maximum Gasteiger partial charge on any atom is 0.336 e. The first-order valence-corrected chi connectivity index (χ1v) is 12.8. The van der Waals surface area contributed by atoms with Crippen molar-refractivity contribution in [1.29, 1.82) is 0 Å². The molecule has 0 aliphatic carbocycles. The number of benzene rings is 2. The van der Waals surface area contributed by atoms with Gasteiger partial charge in [-0.2, -0.15) is 0 Å². The minimum atomic E-state index is -2.74. The highest BCUT2D eigenvalue weighted by Gasteiger charge is 2.40. The van der Waals surface area contributed by atoms with Crippen LogP contribution in [0.2, 0.25) is 0 Å². The lowest BCUT2D eigenvalue weighted by Gasteiger charge is -2.26. The second-order valence-corrected chi connectivity index (χ2v) is 9.56. The quantitative estimate of drug-likeness (QED) is 0.241. The molecule has 0 atom stereocenters. The normalized spacial score (nSPS) is 12.4. The summed E-state index contributed by atoms with van der Waals surface area (Å²) in [6.07, 6.45) is 6.46. The summed E-state index contributed by atoms with van der Waals surface area (Å²) in [5, 5.41) is 33.8. The van der Waals surface area contributed by atoms with Crippen LogP contribution in [0.15, 0.2) is 72.8 Å². The fourth-order valence-corrected chi connectivity index (χ4v) is 4.23. The van der Waals surface area contributed by atoms with Gasteiger partial charge in [-0.3, -0.25) is 14.5 Å². The molecule has 1 aromatic heterocycles. The van der Waals surface area contributed by atoms with Gasteiger partial charge in [-0.1, -0.05) is 36.4 Å². The molecule has 4 N–H and O–H groups in total. The van der Waals surface area contributed by atoms with E-state index in [1.807, 2.05) is 42.9 Å². The molecule has 0 unspecified atom stereocenters. The van der Waals surface area contributed by atoms with Crippen LogP contribution < -0.4 is 4.74 Å². The molecule has 11 nitrogen and oxygen atoms in total. The van der Waals surface area contributed by atoms with Gasteiger partial charge in [-0.15, -0.1) is 0 Å². The third-order valence-electron chi connectivity index (χ3n) is 6.21. The molecular weight excluding hydrogens is 537 g/mol. The minimum absolute atomic E-state index is 0.152. The fraction of sp³-hybridized carbons (Fsp3) is 0.310. The van der Waals surface area contributed by atoms with Crippen molar-refractivity contribution >= 4 is 24.0 Å². The zero-order valence-corrected chi connectivity index (χ0v) is 22.2. The number of carboxylic acids is 3. The number of aryl methyl sites for hydroxylation is 1. The van der Waals surface area contributed by atoms with Crippen molar-refractivity contribution in [1.82, 2.24) is 14.5 Å². The number of carbonyl (C=O) groups is 3. The summed E-state index contributed by atoms with van der Waals surface area (Å²) < 4.78 is 22.2. The van der Waals surface area contributed by atoms with Gasteiger partial charge in [-0.25, -0.2) is 14.2 Å². The van der Waals surface area contributed by atoms with Gasteiger partial charge in [-0.05, 0) is 30.2 Å². The summed E-state index contributed by atoms with van der Waals surface area (Å²) in [6.45, 7) is 3.67. The van der Waals surface area contributed by atoms with Gasteiger partial charge >= 0.3 is 17.9 Å². The highest BCUT2D eigenvalue weighted by atomic mass is 19.1. The summed E-state index contributed by atoms with van der Waals surface area (Å²) in [5.41, 5.74) is 0.297. The Morgan fingerprint density at radius 1 is 1.00 bits per heavy atom. The van der Waals surface area contributed by atoms with Gasteiger partial charge in [0.2, 0.25) is 0 Å². The summed E-state index contributed by atoms with van der Waals surface area (Å²) in [4.78, 5) is 36.9. The molecule has 4 rings (SSSR count). The number of ether oxygens (including phenoxy) is 1. The van der Waals surface area contributed by atoms with E-state index in [0.29, 0.717) is 13.2 Å². The molecule has 2 heterocycles. The van der Waals surface area contributed by atoms with Gasteiger partial charge in [0.25, 0.3) is 0 Å². The van der Waals surface area contributed by atoms with Gasteiger partial charge in [0.05, 0.1) is 19.2 Å². The lowest BCUT2D eigenvalue weighted by atomic mass is 9.96. The van der Waals surface area contributed by atoms with Crippen molar-refractivity contribution in [3.63, 3.8) is 0 Å². The van der Waals surface area contributed by atoms with Crippen molar-refractivity contribution in [2.24, 2.45) is 0 Å². The molecule has 0 saturated heterocycles. The first-order chi connectivity index (χ1) is 19.6. The van der Waals surface area contributed by atoms with Crippen LogP contribution in [0.4, 0.5) is 4.39 Å². The topological polar surface area (TPSA) is 162 Å². The molecule has 12 heteroatoms. The lowest BCUT2D eigenvalue weighted by Crippen LogP contribution is -2.42. The van der Waals surface area contributed by atoms with Crippen LogP contribution in [0.1, 0.15) is 30.4 Å². The van der Waals surface area contributed by atoms with Crippen LogP contribution in [0.5, 0.6) is 5.75 Å². The second kappa shape index (κ2) is 14.7. The van der Waals surface area contributed by atoms with E-state index in [9.17, 15) is 18.8 Å². The van der Waals surface area contributed by atoms with Crippen LogP contribution in [-0.4, -0.2) is 78.1 Å². The van der Waals surface area contributed by atoms with Crippen molar-refractivity contribution < 1.29 is 43.9 Å². The van der Waals surface area contributed by atoms with Gasteiger partial charge < -0.3 is 29.7 Å². The average molecular weight is 570 g/mol. The predicted octanol–water partition coefficient (Wildman–Crippen LogP) is 3.14. The molecule has 0 saturated carbocycles. The molecule has 0 amide bonds. The molecule has 3 aromatic rings. The van der Waals surface area contributed by atoms with Gasteiger partial charge in [0.1, 0.15) is 18.2 Å².